The second kappa shape index (κ2) is 7.61. The van der Waals surface area contributed by atoms with E-state index in [1.54, 1.807) is 12.1 Å². The Morgan fingerprint density at radius 1 is 0.846 bits per heavy atom. The van der Waals surface area contributed by atoms with Crippen molar-refractivity contribution in [1.82, 2.24) is 0 Å². The predicted octanol–water partition coefficient (Wildman–Crippen LogP) is 3.84. The van der Waals surface area contributed by atoms with Crippen LogP contribution in [0.15, 0.2) is 66.7 Å². The Balaban J connectivity index is 1.75. The molecular weight excluding hydrogens is 330 g/mol. The van der Waals surface area contributed by atoms with Crippen LogP contribution in [0.1, 0.15) is 21.5 Å². The fourth-order valence-corrected chi connectivity index (χ4v) is 2.66. The Labute approximate surface area is 151 Å². The number of benzene rings is 3. The quantitative estimate of drug-likeness (QED) is 0.401. The van der Waals surface area contributed by atoms with Crippen molar-refractivity contribution in [2.45, 2.75) is 13.0 Å². The number of hydrogen-bond donors (Lipinski definition) is 4. The average molecular weight is 349 g/mol. The first-order valence-electron chi connectivity index (χ1n) is 8.18. The van der Waals surface area contributed by atoms with E-state index in [4.69, 9.17) is 0 Å². The molecule has 0 aromatic heterocycles. The van der Waals surface area contributed by atoms with E-state index < -0.39 is 0 Å². The van der Waals surface area contributed by atoms with Crippen LogP contribution in [0.25, 0.3) is 0 Å². The Morgan fingerprint density at radius 3 is 2.35 bits per heavy atom. The van der Waals surface area contributed by atoms with Gasteiger partial charge in [-0.1, -0.05) is 30.3 Å². The Morgan fingerprint density at radius 2 is 1.58 bits per heavy atom. The van der Waals surface area contributed by atoms with Gasteiger partial charge in [-0.05, 0) is 42.0 Å². The Hall–Kier alpha value is -3.47. The summed E-state index contributed by atoms with van der Waals surface area (Å²) in [6.07, 6.45) is 0.200. The molecule has 3 rings (SSSR count). The second-order valence-electron chi connectivity index (χ2n) is 5.98. The lowest BCUT2D eigenvalue weighted by molar-refractivity contribution is 0.0990. The molecule has 0 amide bonds. The van der Waals surface area contributed by atoms with E-state index in [1.807, 2.05) is 30.3 Å². The maximum Gasteiger partial charge on any atom is 0.171 e. The standard InChI is InChI=1S/C21H19NO4/c23-17-7-9-19(24)15(11-17)13-22-16-6-8-20(25)18(12-16)21(26)10-14-4-2-1-3-5-14/h1-9,11-12,22-25H,10,13H2. The summed E-state index contributed by atoms with van der Waals surface area (Å²) < 4.78 is 0. The van der Waals surface area contributed by atoms with Gasteiger partial charge in [0.25, 0.3) is 0 Å². The smallest absolute Gasteiger partial charge is 0.171 e. The van der Waals surface area contributed by atoms with Gasteiger partial charge in [0.15, 0.2) is 5.78 Å². The first kappa shape index (κ1) is 17.4. The van der Waals surface area contributed by atoms with Gasteiger partial charge in [0.1, 0.15) is 17.2 Å². The number of nitrogens with one attached hydrogen (secondary N) is 1. The number of anilines is 1. The van der Waals surface area contributed by atoms with Crippen LogP contribution in [-0.4, -0.2) is 21.1 Å². The molecule has 0 fully saturated rings. The van der Waals surface area contributed by atoms with Crippen molar-refractivity contribution in [3.63, 3.8) is 0 Å². The molecular formula is C21H19NO4. The number of rotatable bonds is 6. The van der Waals surface area contributed by atoms with Crippen molar-refractivity contribution in [3.8, 4) is 17.2 Å². The number of Topliss-reactive ketones (excluding diaryl/α,β-unsaturated/α-hetero) is 1. The molecule has 5 heteroatoms. The van der Waals surface area contributed by atoms with Crippen LogP contribution in [0.4, 0.5) is 5.69 Å². The van der Waals surface area contributed by atoms with Gasteiger partial charge < -0.3 is 20.6 Å². The highest BCUT2D eigenvalue weighted by Gasteiger charge is 2.13. The van der Waals surface area contributed by atoms with Gasteiger partial charge in [0.05, 0.1) is 5.56 Å². The summed E-state index contributed by atoms with van der Waals surface area (Å²) in [6.45, 7) is 0.261. The lowest BCUT2D eigenvalue weighted by Crippen LogP contribution is -2.06. The number of ketones is 1. The van der Waals surface area contributed by atoms with Gasteiger partial charge in [-0.2, -0.15) is 0 Å². The Bertz CT molecular complexity index is 923. The van der Waals surface area contributed by atoms with Gasteiger partial charge in [-0.3, -0.25) is 4.79 Å². The van der Waals surface area contributed by atoms with Crippen molar-refractivity contribution in [3.05, 3.63) is 83.4 Å². The van der Waals surface area contributed by atoms with E-state index in [0.29, 0.717) is 11.3 Å². The largest absolute Gasteiger partial charge is 0.508 e. The fraction of sp³-hybridized carbons (Fsp3) is 0.0952. The molecule has 132 valence electrons. The number of phenolic OH excluding ortho intramolecular Hbond substituents is 3. The minimum absolute atomic E-state index is 0.0593. The highest BCUT2D eigenvalue weighted by Crippen LogP contribution is 2.26. The average Bonchev–Trinajstić information content (AvgIpc) is 2.64. The van der Waals surface area contributed by atoms with Crippen molar-refractivity contribution in [2.24, 2.45) is 0 Å². The van der Waals surface area contributed by atoms with Gasteiger partial charge in [0.2, 0.25) is 0 Å². The van der Waals surface area contributed by atoms with E-state index in [9.17, 15) is 20.1 Å². The third kappa shape index (κ3) is 4.13. The minimum atomic E-state index is -0.183. The fourth-order valence-electron chi connectivity index (χ4n) is 2.66. The molecule has 0 aliphatic heterocycles. The molecule has 0 unspecified atom stereocenters. The lowest BCUT2D eigenvalue weighted by atomic mass is 10.0. The summed E-state index contributed by atoms with van der Waals surface area (Å²) in [4.78, 5) is 12.5. The summed E-state index contributed by atoms with van der Waals surface area (Å²) in [6, 6.07) is 18.3. The zero-order chi connectivity index (χ0) is 18.5. The third-order valence-electron chi connectivity index (χ3n) is 4.05. The molecule has 4 N–H and O–H groups in total. The number of phenols is 3. The number of carbonyl (C=O) groups is 1. The highest BCUT2D eigenvalue weighted by atomic mass is 16.3. The Kier molecular flexibility index (Phi) is 5.08. The molecule has 3 aromatic carbocycles. The summed E-state index contributed by atoms with van der Waals surface area (Å²) >= 11 is 0. The van der Waals surface area contributed by atoms with Crippen LogP contribution in [-0.2, 0) is 13.0 Å². The topological polar surface area (TPSA) is 89.8 Å². The van der Waals surface area contributed by atoms with E-state index in [0.717, 1.165) is 5.56 Å². The lowest BCUT2D eigenvalue weighted by Gasteiger charge is -2.11. The molecule has 0 spiro atoms. The summed E-state index contributed by atoms with van der Waals surface area (Å²) in [5.41, 5.74) is 2.26. The van der Waals surface area contributed by atoms with Crippen molar-refractivity contribution < 1.29 is 20.1 Å². The molecule has 0 radical (unpaired) electrons. The molecule has 0 atom stereocenters. The van der Waals surface area contributed by atoms with Gasteiger partial charge >= 0.3 is 0 Å². The van der Waals surface area contributed by atoms with Crippen molar-refractivity contribution in [1.29, 1.82) is 0 Å². The van der Waals surface area contributed by atoms with Gasteiger partial charge in [-0.25, -0.2) is 0 Å². The normalized spacial score (nSPS) is 10.5. The molecule has 0 saturated carbocycles. The molecule has 0 aliphatic carbocycles. The van der Waals surface area contributed by atoms with E-state index in [-0.39, 0.29) is 41.6 Å². The summed E-state index contributed by atoms with van der Waals surface area (Å²) in [7, 11) is 0. The second-order valence-corrected chi connectivity index (χ2v) is 5.98. The van der Waals surface area contributed by atoms with Gasteiger partial charge in [0, 0.05) is 24.2 Å². The van der Waals surface area contributed by atoms with Crippen molar-refractivity contribution in [2.75, 3.05) is 5.32 Å². The maximum absolute atomic E-state index is 12.5. The number of hydrogen-bond acceptors (Lipinski definition) is 5. The van der Waals surface area contributed by atoms with Crippen LogP contribution in [0.5, 0.6) is 17.2 Å². The highest BCUT2D eigenvalue weighted by molar-refractivity contribution is 6.00. The van der Waals surface area contributed by atoms with Crippen LogP contribution < -0.4 is 5.32 Å². The monoisotopic (exact) mass is 349 g/mol. The van der Waals surface area contributed by atoms with E-state index in [2.05, 4.69) is 5.32 Å². The van der Waals surface area contributed by atoms with E-state index in [1.165, 1.54) is 24.3 Å². The zero-order valence-corrected chi connectivity index (χ0v) is 14.0. The SMILES string of the molecule is O=C(Cc1ccccc1)c1cc(NCc2cc(O)ccc2O)ccc1O. The van der Waals surface area contributed by atoms with Crippen LogP contribution in [0.3, 0.4) is 0 Å². The van der Waals surface area contributed by atoms with Gasteiger partial charge in [-0.15, -0.1) is 0 Å². The van der Waals surface area contributed by atoms with Crippen LogP contribution >= 0.6 is 0 Å². The molecule has 26 heavy (non-hydrogen) atoms. The number of carbonyl (C=O) groups excluding carboxylic acids is 1. The van der Waals surface area contributed by atoms with E-state index >= 15 is 0 Å². The summed E-state index contributed by atoms with van der Waals surface area (Å²) in [5.74, 6) is -0.132. The maximum atomic E-state index is 12.5. The summed E-state index contributed by atoms with van der Waals surface area (Å²) in [5, 5.41) is 32.4. The third-order valence-corrected chi connectivity index (χ3v) is 4.05. The zero-order valence-electron chi connectivity index (χ0n) is 14.0. The number of aromatic hydroxyl groups is 3. The molecule has 3 aromatic rings. The molecule has 0 heterocycles. The predicted molar refractivity (Wildman–Crippen MR) is 99.7 cm³/mol. The first-order valence-corrected chi connectivity index (χ1v) is 8.18. The molecule has 0 saturated heterocycles. The minimum Gasteiger partial charge on any atom is -0.508 e. The van der Waals surface area contributed by atoms with Crippen LogP contribution in [0.2, 0.25) is 0 Å². The molecule has 0 bridgehead atoms. The first-order chi connectivity index (χ1) is 12.5. The molecule has 5 nitrogen and oxygen atoms in total. The van der Waals surface area contributed by atoms with Crippen molar-refractivity contribution >= 4 is 11.5 Å². The molecule has 0 aliphatic rings. The van der Waals surface area contributed by atoms with Crippen LogP contribution in [0, 0.1) is 0 Å².